The first kappa shape index (κ1) is 21.6. The van der Waals surface area contributed by atoms with Crippen LogP contribution in [0, 0.1) is 0 Å². The van der Waals surface area contributed by atoms with Gasteiger partial charge in [0.05, 0.1) is 17.7 Å². The van der Waals surface area contributed by atoms with E-state index < -0.39 is 17.7 Å². The lowest BCUT2D eigenvalue weighted by atomic mass is 9.95. The van der Waals surface area contributed by atoms with Gasteiger partial charge in [-0.05, 0) is 61.9 Å². The second kappa shape index (κ2) is 8.85. The third-order valence-corrected chi connectivity index (χ3v) is 5.27. The van der Waals surface area contributed by atoms with Gasteiger partial charge in [-0.25, -0.2) is 0 Å². The molecule has 1 unspecified atom stereocenters. The van der Waals surface area contributed by atoms with E-state index in [2.05, 4.69) is 4.98 Å². The Morgan fingerprint density at radius 3 is 2.47 bits per heavy atom. The highest BCUT2D eigenvalue weighted by molar-refractivity contribution is 6.51. The largest absolute Gasteiger partial charge is 0.507 e. The van der Waals surface area contributed by atoms with Crippen LogP contribution in [-0.2, 0) is 9.59 Å². The van der Waals surface area contributed by atoms with Crippen LogP contribution in [0.5, 0.6) is 5.75 Å². The van der Waals surface area contributed by atoms with Crippen LogP contribution in [0.1, 0.15) is 31.0 Å². The molecule has 0 bridgehead atoms. The number of amides is 1. The molecule has 1 N–H and O–H groups in total. The van der Waals surface area contributed by atoms with Gasteiger partial charge in [0.1, 0.15) is 11.5 Å². The number of hydrogen-bond donors (Lipinski definition) is 1. The molecule has 1 fully saturated rings. The van der Waals surface area contributed by atoms with Crippen molar-refractivity contribution in [3.05, 3.63) is 94.8 Å². The second-order valence-electron chi connectivity index (χ2n) is 7.62. The van der Waals surface area contributed by atoms with Crippen molar-refractivity contribution in [2.45, 2.75) is 26.0 Å². The second-order valence-corrected chi connectivity index (χ2v) is 8.06. The predicted molar refractivity (Wildman–Crippen MR) is 123 cm³/mol. The smallest absolute Gasteiger partial charge is 0.300 e. The molecule has 1 aromatic heterocycles. The zero-order valence-corrected chi connectivity index (χ0v) is 18.3. The van der Waals surface area contributed by atoms with E-state index in [4.69, 9.17) is 16.3 Å². The summed E-state index contributed by atoms with van der Waals surface area (Å²) in [4.78, 5) is 31.6. The zero-order chi connectivity index (χ0) is 22.8. The Morgan fingerprint density at radius 1 is 1.06 bits per heavy atom. The Labute approximate surface area is 190 Å². The first-order valence-corrected chi connectivity index (χ1v) is 10.5. The van der Waals surface area contributed by atoms with Crippen molar-refractivity contribution < 1.29 is 19.4 Å². The van der Waals surface area contributed by atoms with E-state index in [0.29, 0.717) is 27.6 Å². The van der Waals surface area contributed by atoms with Gasteiger partial charge < -0.3 is 9.84 Å². The first-order valence-electron chi connectivity index (χ1n) is 10.1. The SMILES string of the molecule is CC(C)Oc1cccc(/C(O)=C2\C(=O)C(=O)N(c3cccc(Cl)c3)C2c2ccncc2)c1. The molecule has 7 heteroatoms. The van der Waals surface area contributed by atoms with Crippen molar-refractivity contribution in [3.8, 4) is 5.75 Å². The van der Waals surface area contributed by atoms with Crippen molar-refractivity contribution in [1.29, 1.82) is 0 Å². The highest BCUT2D eigenvalue weighted by atomic mass is 35.5. The summed E-state index contributed by atoms with van der Waals surface area (Å²) in [6, 6.07) is 16.1. The number of aromatic nitrogens is 1. The van der Waals surface area contributed by atoms with Crippen molar-refractivity contribution in [3.63, 3.8) is 0 Å². The average molecular weight is 449 g/mol. The number of ether oxygens (including phenoxy) is 1. The maximum Gasteiger partial charge on any atom is 0.300 e. The van der Waals surface area contributed by atoms with Crippen LogP contribution in [0.4, 0.5) is 5.69 Å². The van der Waals surface area contributed by atoms with Crippen LogP contribution in [0.25, 0.3) is 5.76 Å². The summed E-state index contributed by atoms with van der Waals surface area (Å²) < 4.78 is 5.71. The molecule has 2 heterocycles. The molecule has 6 nitrogen and oxygen atoms in total. The number of benzene rings is 2. The van der Waals surface area contributed by atoms with Gasteiger partial charge in [-0.15, -0.1) is 0 Å². The number of aliphatic hydroxyl groups is 1. The minimum atomic E-state index is -0.842. The number of rotatable bonds is 5. The van der Waals surface area contributed by atoms with Gasteiger partial charge >= 0.3 is 0 Å². The van der Waals surface area contributed by atoms with Crippen molar-refractivity contribution in [2.24, 2.45) is 0 Å². The molecule has 0 spiro atoms. The summed E-state index contributed by atoms with van der Waals surface area (Å²) in [5.41, 5.74) is 1.46. The molecular weight excluding hydrogens is 428 g/mol. The summed E-state index contributed by atoms with van der Waals surface area (Å²) >= 11 is 6.15. The minimum Gasteiger partial charge on any atom is -0.507 e. The number of anilines is 1. The molecule has 1 amide bonds. The minimum absolute atomic E-state index is 0.0112. The Balaban J connectivity index is 1.90. The fraction of sp³-hybridized carbons (Fsp3) is 0.160. The number of aliphatic hydroxyl groups excluding tert-OH is 1. The number of Topliss-reactive ketones (excluding diaryl/α,β-unsaturated/α-hetero) is 1. The molecule has 0 saturated carbocycles. The van der Waals surface area contributed by atoms with Crippen LogP contribution < -0.4 is 9.64 Å². The lowest BCUT2D eigenvalue weighted by Gasteiger charge is -2.25. The molecule has 2 aromatic carbocycles. The summed E-state index contributed by atoms with van der Waals surface area (Å²) in [6.07, 6.45) is 3.09. The summed E-state index contributed by atoms with van der Waals surface area (Å²) in [7, 11) is 0. The number of nitrogens with zero attached hydrogens (tertiary/aromatic N) is 2. The van der Waals surface area contributed by atoms with Gasteiger partial charge in [-0.2, -0.15) is 0 Å². The number of carbonyl (C=O) groups excluding carboxylic acids is 2. The Morgan fingerprint density at radius 2 is 1.78 bits per heavy atom. The average Bonchev–Trinajstić information content (AvgIpc) is 3.04. The molecule has 162 valence electrons. The number of ketones is 1. The van der Waals surface area contributed by atoms with Gasteiger partial charge in [0.15, 0.2) is 0 Å². The molecule has 0 aliphatic carbocycles. The molecule has 1 aliphatic heterocycles. The maximum atomic E-state index is 13.1. The van der Waals surface area contributed by atoms with Gasteiger partial charge in [0, 0.05) is 28.7 Å². The number of hydrogen-bond acceptors (Lipinski definition) is 5. The summed E-state index contributed by atoms with van der Waals surface area (Å²) in [5, 5.41) is 11.6. The summed E-state index contributed by atoms with van der Waals surface area (Å²) in [6.45, 7) is 3.79. The van der Waals surface area contributed by atoms with Crippen molar-refractivity contribution >= 4 is 34.7 Å². The molecule has 4 rings (SSSR count). The van der Waals surface area contributed by atoms with Crippen LogP contribution in [0.3, 0.4) is 0 Å². The van der Waals surface area contributed by atoms with Gasteiger partial charge in [-0.1, -0.05) is 29.8 Å². The lowest BCUT2D eigenvalue weighted by molar-refractivity contribution is -0.132. The van der Waals surface area contributed by atoms with E-state index in [9.17, 15) is 14.7 Å². The standard InChI is InChI=1S/C25H21ClN2O4/c1-15(2)32-20-8-3-5-17(13-20)23(29)21-22(16-9-11-27-12-10-16)28(25(31)24(21)30)19-7-4-6-18(26)14-19/h3-15,22,29H,1-2H3/b23-21+. The first-order chi connectivity index (χ1) is 15.4. The van der Waals surface area contributed by atoms with E-state index >= 15 is 0 Å². The molecule has 0 radical (unpaired) electrons. The lowest BCUT2D eigenvalue weighted by Crippen LogP contribution is -2.29. The van der Waals surface area contributed by atoms with Crippen molar-refractivity contribution in [1.82, 2.24) is 4.98 Å². The molecule has 32 heavy (non-hydrogen) atoms. The van der Waals surface area contributed by atoms with Crippen LogP contribution in [-0.4, -0.2) is 27.9 Å². The predicted octanol–water partition coefficient (Wildman–Crippen LogP) is 5.15. The molecule has 1 atom stereocenters. The Bertz CT molecular complexity index is 1210. The normalized spacial score (nSPS) is 17.8. The van der Waals surface area contributed by atoms with E-state index in [-0.39, 0.29) is 17.4 Å². The molecular formula is C25H21ClN2O4. The quantitative estimate of drug-likeness (QED) is 0.332. The van der Waals surface area contributed by atoms with E-state index in [1.807, 2.05) is 13.8 Å². The van der Waals surface area contributed by atoms with Gasteiger partial charge in [0.2, 0.25) is 0 Å². The topological polar surface area (TPSA) is 79.7 Å². The highest BCUT2D eigenvalue weighted by Crippen LogP contribution is 2.42. The number of carbonyl (C=O) groups is 2. The maximum absolute atomic E-state index is 13.1. The van der Waals surface area contributed by atoms with E-state index in [1.54, 1.807) is 73.1 Å². The zero-order valence-electron chi connectivity index (χ0n) is 17.5. The van der Waals surface area contributed by atoms with Crippen molar-refractivity contribution in [2.75, 3.05) is 4.90 Å². The summed E-state index contributed by atoms with van der Waals surface area (Å²) in [5.74, 6) is -1.25. The van der Waals surface area contributed by atoms with Crippen LogP contribution in [0.15, 0.2) is 78.6 Å². The fourth-order valence-electron chi connectivity index (χ4n) is 3.73. The third-order valence-electron chi connectivity index (χ3n) is 5.03. The number of pyridine rings is 1. The molecule has 1 saturated heterocycles. The monoisotopic (exact) mass is 448 g/mol. The van der Waals surface area contributed by atoms with E-state index in [0.717, 1.165) is 0 Å². The van der Waals surface area contributed by atoms with E-state index in [1.165, 1.54) is 4.90 Å². The molecule has 1 aliphatic rings. The highest BCUT2D eigenvalue weighted by Gasteiger charge is 2.47. The van der Waals surface area contributed by atoms with Crippen LogP contribution in [0.2, 0.25) is 5.02 Å². The van der Waals surface area contributed by atoms with Gasteiger partial charge in [0.25, 0.3) is 11.7 Å². The van der Waals surface area contributed by atoms with Gasteiger partial charge in [-0.3, -0.25) is 19.5 Å². The molecule has 3 aromatic rings. The fourth-order valence-corrected chi connectivity index (χ4v) is 3.91. The number of halogens is 1. The Kier molecular flexibility index (Phi) is 5.97. The van der Waals surface area contributed by atoms with Crippen LogP contribution >= 0.6 is 11.6 Å². The Hall–Kier alpha value is -3.64. The third kappa shape index (κ3) is 4.09.